The molecule has 0 bridgehead atoms. The normalized spacial score (nSPS) is 20.2. The zero-order valence-electron chi connectivity index (χ0n) is 20.6. The molecule has 1 aromatic heterocycles. The van der Waals surface area contributed by atoms with E-state index >= 15 is 0 Å². The van der Waals surface area contributed by atoms with Crippen molar-refractivity contribution in [2.75, 3.05) is 44.7 Å². The number of aliphatic hydroxyl groups is 1. The number of aliphatic hydroxyl groups excluding tert-OH is 1. The van der Waals surface area contributed by atoms with E-state index in [-0.39, 0.29) is 36.5 Å². The number of fused-ring (bicyclic) bond motifs is 1. The molecule has 5 rings (SSSR count). The number of hydrogen-bond donors (Lipinski definition) is 1. The molecule has 2 aliphatic heterocycles. The second-order valence-electron chi connectivity index (χ2n) is 9.52. The van der Waals surface area contributed by atoms with Gasteiger partial charge in [0.25, 0.3) is 5.91 Å². The summed E-state index contributed by atoms with van der Waals surface area (Å²) in [4.78, 5) is 19.8. The van der Waals surface area contributed by atoms with Crippen molar-refractivity contribution in [2.24, 2.45) is 0 Å². The van der Waals surface area contributed by atoms with Crippen molar-refractivity contribution in [3.63, 3.8) is 0 Å². The Bertz CT molecular complexity index is 1380. The Morgan fingerprint density at radius 3 is 2.43 bits per heavy atom. The van der Waals surface area contributed by atoms with E-state index in [0.717, 1.165) is 42.4 Å². The minimum absolute atomic E-state index is 0.0173. The third kappa shape index (κ3) is 5.17. The van der Waals surface area contributed by atoms with Crippen molar-refractivity contribution < 1.29 is 18.3 Å². The van der Waals surface area contributed by atoms with E-state index < -0.39 is 16.1 Å². The van der Waals surface area contributed by atoms with Crippen molar-refractivity contribution in [3.8, 4) is 0 Å². The molecule has 0 saturated carbocycles. The maximum absolute atomic E-state index is 13.5. The van der Waals surface area contributed by atoms with E-state index in [2.05, 4.69) is 9.88 Å². The molecular formula is C26H30ClN5O4S. The Labute approximate surface area is 221 Å². The predicted molar refractivity (Wildman–Crippen MR) is 143 cm³/mol. The molecule has 3 heterocycles. The van der Waals surface area contributed by atoms with Crippen molar-refractivity contribution in [2.45, 2.75) is 29.8 Å². The highest BCUT2D eigenvalue weighted by Gasteiger charge is 2.42. The lowest BCUT2D eigenvalue weighted by Gasteiger charge is -2.48. The lowest BCUT2D eigenvalue weighted by atomic mass is 10.0. The fraction of sp³-hybridized carbons (Fsp3) is 0.385. The highest BCUT2D eigenvalue weighted by Crippen LogP contribution is 2.28. The minimum Gasteiger partial charge on any atom is -0.394 e. The second kappa shape index (κ2) is 10.5. The number of carbonyl (C=O) groups excluding carboxylic acids is 1. The van der Waals surface area contributed by atoms with Gasteiger partial charge in [-0.25, -0.2) is 13.4 Å². The fourth-order valence-corrected chi connectivity index (χ4v) is 6.93. The molecule has 0 aliphatic carbocycles. The van der Waals surface area contributed by atoms with Crippen LogP contribution in [0.25, 0.3) is 10.8 Å². The van der Waals surface area contributed by atoms with Crippen LogP contribution in [0.2, 0.25) is 5.02 Å². The molecule has 0 spiro atoms. The summed E-state index contributed by atoms with van der Waals surface area (Å²) in [6, 6.07) is 13.5. The summed E-state index contributed by atoms with van der Waals surface area (Å²) < 4.78 is 28.1. The first-order valence-electron chi connectivity index (χ1n) is 12.3. The molecule has 3 aromatic rings. The average molecular weight is 544 g/mol. The average Bonchev–Trinajstić information content (AvgIpc) is 2.92. The zero-order valence-corrected chi connectivity index (χ0v) is 22.1. The number of piperidine rings is 1. The third-order valence-electron chi connectivity index (χ3n) is 7.31. The van der Waals surface area contributed by atoms with Crippen molar-refractivity contribution >= 4 is 44.0 Å². The van der Waals surface area contributed by atoms with Gasteiger partial charge in [0.05, 0.1) is 24.1 Å². The number of halogens is 1. The number of benzene rings is 2. The topological polar surface area (TPSA) is 97.3 Å². The van der Waals surface area contributed by atoms with E-state index in [1.807, 2.05) is 24.2 Å². The molecule has 2 aliphatic rings. The number of aromatic nitrogens is 1. The van der Waals surface area contributed by atoms with Crippen LogP contribution in [0, 0.1) is 0 Å². The van der Waals surface area contributed by atoms with Crippen LogP contribution in [0.1, 0.15) is 12.8 Å². The Balaban J connectivity index is 1.29. The molecule has 2 fully saturated rings. The molecule has 196 valence electrons. The van der Waals surface area contributed by atoms with Crippen LogP contribution < -0.4 is 4.90 Å². The quantitative estimate of drug-likeness (QED) is 0.510. The Morgan fingerprint density at radius 1 is 1.05 bits per heavy atom. The number of carbonyl (C=O) groups is 1. The number of anilines is 1. The van der Waals surface area contributed by atoms with Crippen molar-refractivity contribution in [1.29, 1.82) is 0 Å². The zero-order chi connectivity index (χ0) is 26.2. The van der Waals surface area contributed by atoms with Gasteiger partial charge in [-0.05, 0) is 60.0 Å². The van der Waals surface area contributed by atoms with E-state index in [1.54, 1.807) is 47.7 Å². The summed E-state index contributed by atoms with van der Waals surface area (Å²) in [6.07, 6.45) is 5.23. The summed E-state index contributed by atoms with van der Waals surface area (Å²) >= 11 is 6.05. The first-order chi connectivity index (χ1) is 17.8. The van der Waals surface area contributed by atoms with Crippen LogP contribution in [-0.4, -0.2) is 90.7 Å². The lowest BCUT2D eigenvalue weighted by molar-refractivity contribution is -0.168. The first-order valence-corrected chi connectivity index (χ1v) is 14.1. The number of nitrogens with zero attached hydrogens (tertiary/aromatic N) is 5. The van der Waals surface area contributed by atoms with Crippen molar-refractivity contribution in [3.05, 3.63) is 65.9 Å². The van der Waals surface area contributed by atoms with Crippen LogP contribution in [-0.2, 0) is 14.8 Å². The van der Waals surface area contributed by atoms with Crippen LogP contribution >= 0.6 is 11.6 Å². The minimum atomic E-state index is -3.94. The van der Waals surface area contributed by atoms with Gasteiger partial charge in [-0.15, -0.1) is 0 Å². The molecule has 1 atom stereocenters. The number of sulfonamides is 1. The van der Waals surface area contributed by atoms with Gasteiger partial charge in [0.1, 0.15) is 0 Å². The standard InChI is InChI=1S/C26H30ClN5O4S/c1-29(22-8-12-30(13-9-22)23-6-10-28-11-7-23)32-24(18-33)16-31(17-26(32)34)37(35,36)25-5-3-19-14-21(27)4-2-20(19)15-25/h2-7,10-11,14-15,22,24,33H,8-9,12-13,16-18H2,1H3. The van der Waals surface area contributed by atoms with E-state index in [4.69, 9.17) is 11.6 Å². The fourth-order valence-electron chi connectivity index (χ4n) is 5.29. The lowest BCUT2D eigenvalue weighted by Crippen LogP contribution is -2.65. The molecule has 2 saturated heterocycles. The van der Waals surface area contributed by atoms with E-state index in [1.165, 1.54) is 10.4 Å². The highest BCUT2D eigenvalue weighted by atomic mass is 35.5. The number of amides is 1. The van der Waals surface area contributed by atoms with Crippen LogP contribution in [0.3, 0.4) is 0 Å². The van der Waals surface area contributed by atoms with Gasteiger partial charge in [0.15, 0.2) is 0 Å². The van der Waals surface area contributed by atoms with E-state index in [9.17, 15) is 18.3 Å². The molecule has 9 nitrogen and oxygen atoms in total. The molecule has 0 radical (unpaired) electrons. The van der Waals surface area contributed by atoms with Crippen LogP contribution in [0.15, 0.2) is 65.8 Å². The summed E-state index contributed by atoms with van der Waals surface area (Å²) in [5.74, 6) is -0.347. The number of pyridine rings is 1. The van der Waals surface area contributed by atoms with Gasteiger partial charge in [-0.1, -0.05) is 23.7 Å². The Hall–Kier alpha value is -2.76. The summed E-state index contributed by atoms with van der Waals surface area (Å²) in [5.41, 5.74) is 1.12. The van der Waals surface area contributed by atoms with E-state index in [0.29, 0.717) is 5.02 Å². The highest BCUT2D eigenvalue weighted by molar-refractivity contribution is 7.89. The molecule has 37 heavy (non-hydrogen) atoms. The molecule has 1 amide bonds. The maximum atomic E-state index is 13.5. The Morgan fingerprint density at radius 2 is 1.73 bits per heavy atom. The summed E-state index contributed by atoms with van der Waals surface area (Å²) in [7, 11) is -2.09. The molecule has 2 aromatic carbocycles. The van der Waals surface area contributed by atoms with Crippen molar-refractivity contribution in [1.82, 2.24) is 19.3 Å². The SMILES string of the molecule is CN(C1CCN(c2ccncc2)CC1)N1C(=O)CN(S(=O)(=O)c2ccc3cc(Cl)ccc3c2)CC1CO. The van der Waals surface area contributed by atoms with Gasteiger partial charge in [-0.3, -0.25) is 14.8 Å². The van der Waals surface area contributed by atoms with Crippen LogP contribution in [0.4, 0.5) is 5.69 Å². The van der Waals surface area contributed by atoms with Gasteiger partial charge in [0.2, 0.25) is 10.0 Å². The smallest absolute Gasteiger partial charge is 0.252 e. The third-order valence-corrected chi connectivity index (χ3v) is 9.35. The summed E-state index contributed by atoms with van der Waals surface area (Å²) in [6.45, 7) is 1.06. The molecule has 11 heteroatoms. The number of piperazine rings is 1. The number of hydrogen-bond acceptors (Lipinski definition) is 7. The molecular weight excluding hydrogens is 514 g/mol. The first kappa shape index (κ1) is 25.9. The molecule has 1 unspecified atom stereocenters. The maximum Gasteiger partial charge on any atom is 0.252 e. The largest absolute Gasteiger partial charge is 0.394 e. The van der Waals surface area contributed by atoms with Gasteiger partial charge >= 0.3 is 0 Å². The monoisotopic (exact) mass is 543 g/mol. The predicted octanol–water partition coefficient (Wildman–Crippen LogP) is 2.60. The summed E-state index contributed by atoms with van der Waals surface area (Å²) in [5, 5.41) is 15.8. The number of rotatable bonds is 6. The van der Waals surface area contributed by atoms with Gasteiger partial charge in [0, 0.05) is 55.8 Å². The van der Waals surface area contributed by atoms with Gasteiger partial charge in [-0.2, -0.15) is 4.31 Å². The van der Waals surface area contributed by atoms with Gasteiger partial charge < -0.3 is 10.0 Å². The Kier molecular flexibility index (Phi) is 7.37. The second-order valence-corrected chi connectivity index (χ2v) is 11.9. The number of hydrazine groups is 1. The molecule has 1 N–H and O–H groups in total. The van der Waals surface area contributed by atoms with Crippen LogP contribution in [0.5, 0.6) is 0 Å².